The van der Waals surface area contributed by atoms with Crippen LogP contribution in [0.25, 0.3) is 0 Å². The maximum Gasteiger partial charge on any atom is 3.00 e. The molecule has 16 nitrogen and oxygen atoms in total. The van der Waals surface area contributed by atoms with Crippen LogP contribution < -0.4 is 51.4 Å². The monoisotopic (exact) mass is 446 g/mol. The van der Waals surface area contributed by atoms with Crippen LogP contribution in [0.2, 0.25) is 0 Å². The molecule has 0 heterocycles. The molecule has 0 amide bonds. The van der Waals surface area contributed by atoms with Gasteiger partial charge in [-0.25, -0.2) is 0 Å². The van der Waals surface area contributed by atoms with E-state index in [1.165, 1.54) is 0 Å². The summed E-state index contributed by atoms with van der Waals surface area (Å²) in [6, 6.07) is 0. The first-order valence-electron chi connectivity index (χ1n) is 2.19. The maximum atomic E-state index is 8.25. The smallest absolute Gasteiger partial charge is 0.356 e. The van der Waals surface area contributed by atoms with Crippen molar-refractivity contribution in [1.82, 2.24) is 0 Å². The Hall–Kier alpha value is -0.278. The second-order valence-electron chi connectivity index (χ2n) is 0.894. The van der Waals surface area contributed by atoms with E-state index in [0.717, 1.165) is 0 Å². The Balaban J connectivity index is -0.0000000257. The Bertz CT molecular complexity index is 164. The van der Waals surface area contributed by atoms with Crippen LogP contribution in [-0.2, 0) is 0 Å². The molecule has 0 saturated carbocycles. The number of rotatable bonds is 0. The van der Waals surface area contributed by atoms with E-state index in [1.54, 1.807) is 0 Å². The molecule has 0 spiro atoms. The van der Waals surface area contributed by atoms with Gasteiger partial charge in [0.15, 0.2) is 0 Å². The predicted molar refractivity (Wildman–Crippen MR) is 41.4 cm³/mol. The average Bonchev–Trinajstić information content (AvgIpc) is 1.76. The van der Waals surface area contributed by atoms with E-state index in [1.807, 2.05) is 0 Å². The molecular formula is KN4O12Tb. The molecule has 0 N–H and O–H groups in total. The molecule has 0 aromatic heterocycles. The standard InChI is InChI=1S/K.4NO3.Tb/c;4*2-1(3)4;/q+1;4*-1;+3. The maximum absolute atomic E-state index is 8.25. The number of nitrogens with zero attached hydrogens (tertiary/aromatic N) is 4. The normalized spacial score (nSPS) is 5.33. The largest absolute Gasteiger partial charge is 3.00 e. The van der Waals surface area contributed by atoms with Gasteiger partial charge in [-0.05, 0) is 0 Å². The Morgan fingerprint density at radius 3 is 0.444 bits per heavy atom. The van der Waals surface area contributed by atoms with Crippen molar-refractivity contribution in [1.29, 1.82) is 0 Å². The van der Waals surface area contributed by atoms with Crippen LogP contribution in [0, 0.1) is 99.9 Å². The van der Waals surface area contributed by atoms with Gasteiger partial charge in [-0.3, -0.25) is 0 Å². The molecule has 0 radical (unpaired) electrons. The summed E-state index contributed by atoms with van der Waals surface area (Å²) < 4.78 is 0. The van der Waals surface area contributed by atoms with Crippen molar-refractivity contribution in [2.75, 3.05) is 0 Å². The SMILES string of the molecule is O=[N+]([O-])[O-].O=[N+]([O-])[O-].O=[N+]([O-])[O-].O=[N+]([O-])[O-].[K+].[Tb+3]. The second-order valence-corrected chi connectivity index (χ2v) is 0.894. The molecular weight excluding hydrogens is 446 g/mol. The summed E-state index contributed by atoms with van der Waals surface area (Å²) in [7, 11) is 0. The van der Waals surface area contributed by atoms with Crippen molar-refractivity contribution in [3.05, 3.63) is 61.3 Å². The zero-order valence-electron chi connectivity index (χ0n) is 8.02. The Labute approximate surface area is 169 Å². The molecule has 0 unspecified atom stereocenters. The fraction of sp³-hybridized carbons (Fsp3) is 0. The van der Waals surface area contributed by atoms with Gasteiger partial charge >= 0.3 is 90.0 Å². The zero-order chi connectivity index (χ0) is 14.3. The minimum Gasteiger partial charge on any atom is -0.356 e. The molecule has 0 aromatic carbocycles. The van der Waals surface area contributed by atoms with E-state index in [-0.39, 0.29) is 90.0 Å². The molecule has 0 rings (SSSR count). The molecule has 18 heteroatoms. The first kappa shape index (κ1) is 36.1. The van der Waals surface area contributed by atoms with Gasteiger partial charge in [0.2, 0.25) is 0 Å². The van der Waals surface area contributed by atoms with E-state index >= 15 is 0 Å². The summed E-state index contributed by atoms with van der Waals surface area (Å²) in [4.78, 5) is 33.0. The minimum absolute atomic E-state index is 0. The first-order valence-corrected chi connectivity index (χ1v) is 2.19. The fourth-order valence-electron chi connectivity index (χ4n) is 0. The van der Waals surface area contributed by atoms with E-state index in [9.17, 15) is 0 Å². The third-order valence-corrected chi connectivity index (χ3v) is 0. The molecule has 0 atom stereocenters. The van der Waals surface area contributed by atoms with E-state index in [0.29, 0.717) is 0 Å². The van der Waals surface area contributed by atoms with E-state index in [2.05, 4.69) is 0 Å². The summed E-state index contributed by atoms with van der Waals surface area (Å²) in [5.41, 5.74) is 0. The van der Waals surface area contributed by atoms with Crippen LogP contribution in [0.3, 0.4) is 0 Å². The molecule has 102 valence electrons. The summed E-state index contributed by atoms with van der Waals surface area (Å²) in [5.74, 6) is 0. The molecule has 0 aliphatic heterocycles. The van der Waals surface area contributed by atoms with Crippen LogP contribution in [-0.4, -0.2) is 20.3 Å². The van der Waals surface area contributed by atoms with Crippen LogP contribution in [0.5, 0.6) is 0 Å². The van der Waals surface area contributed by atoms with Crippen molar-refractivity contribution < 1.29 is 110 Å². The van der Waals surface area contributed by atoms with Crippen LogP contribution in [0.1, 0.15) is 0 Å². The van der Waals surface area contributed by atoms with Gasteiger partial charge in [-0.2, -0.15) is 0 Å². The second kappa shape index (κ2) is 30.1. The molecule has 0 fully saturated rings. The first-order chi connectivity index (χ1) is 6.93. The zero-order valence-corrected chi connectivity index (χ0v) is 13.3. The Morgan fingerprint density at radius 1 is 0.444 bits per heavy atom. The summed E-state index contributed by atoms with van der Waals surface area (Å²) in [5, 5.41) is 59.0. The third-order valence-electron chi connectivity index (χ3n) is 0. The summed E-state index contributed by atoms with van der Waals surface area (Å²) >= 11 is 0. The van der Waals surface area contributed by atoms with Crippen molar-refractivity contribution in [2.45, 2.75) is 0 Å². The van der Waals surface area contributed by atoms with Crippen LogP contribution >= 0.6 is 0 Å². The molecule has 0 aromatic rings. The fourth-order valence-corrected chi connectivity index (χ4v) is 0. The van der Waals surface area contributed by atoms with Gasteiger partial charge in [0.1, 0.15) is 0 Å². The summed E-state index contributed by atoms with van der Waals surface area (Å²) in [6.45, 7) is 0. The van der Waals surface area contributed by atoms with Crippen LogP contribution in [0.4, 0.5) is 0 Å². The third kappa shape index (κ3) is 44100. The molecule has 0 aliphatic rings. The van der Waals surface area contributed by atoms with Gasteiger partial charge in [0.05, 0.1) is 20.3 Å². The van der Waals surface area contributed by atoms with Gasteiger partial charge in [0, 0.05) is 0 Å². The quantitative estimate of drug-likeness (QED) is 0.196. The molecule has 0 saturated heterocycles. The van der Waals surface area contributed by atoms with E-state index < -0.39 is 20.3 Å². The van der Waals surface area contributed by atoms with Crippen molar-refractivity contribution in [3.8, 4) is 0 Å². The number of hydrogen-bond acceptors (Lipinski definition) is 12. The topological polar surface area (TPSA) is 265 Å². The molecule has 0 bridgehead atoms. The van der Waals surface area contributed by atoms with E-state index in [4.69, 9.17) is 61.3 Å². The Morgan fingerprint density at radius 2 is 0.444 bits per heavy atom. The van der Waals surface area contributed by atoms with Crippen LogP contribution in [0.15, 0.2) is 0 Å². The van der Waals surface area contributed by atoms with Crippen molar-refractivity contribution in [3.63, 3.8) is 0 Å². The predicted octanol–water partition coefficient (Wildman–Crippen LogP) is -3.95. The average molecular weight is 446 g/mol. The van der Waals surface area contributed by atoms with Gasteiger partial charge in [-0.15, -0.1) is 0 Å². The van der Waals surface area contributed by atoms with Gasteiger partial charge in [-0.1, -0.05) is 0 Å². The minimum atomic E-state index is -1.75. The summed E-state index contributed by atoms with van der Waals surface area (Å²) in [6.07, 6.45) is 0. The molecule has 18 heavy (non-hydrogen) atoms. The molecule has 0 aliphatic carbocycles. The van der Waals surface area contributed by atoms with Gasteiger partial charge < -0.3 is 61.3 Å². The van der Waals surface area contributed by atoms with Gasteiger partial charge in [0.25, 0.3) is 0 Å². The Kier molecular flexibility index (Phi) is 60.3. The number of hydrogen-bond donors (Lipinski definition) is 0. The van der Waals surface area contributed by atoms with Crippen molar-refractivity contribution in [2.24, 2.45) is 0 Å². The van der Waals surface area contributed by atoms with Crippen molar-refractivity contribution >= 4 is 0 Å².